The van der Waals surface area contributed by atoms with E-state index in [4.69, 9.17) is 17.4 Å². The number of hydrazine groups is 1. The fourth-order valence-corrected chi connectivity index (χ4v) is 2.79. The maximum absolute atomic E-state index is 6.45. The van der Waals surface area contributed by atoms with Gasteiger partial charge in [-0.2, -0.15) is 5.10 Å². The van der Waals surface area contributed by atoms with Gasteiger partial charge < -0.3 is 0 Å². The lowest BCUT2D eigenvalue weighted by Crippen LogP contribution is -2.39. The highest BCUT2D eigenvalue weighted by Gasteiger charge is 2.18. The summed E-state index contributed by atoms with van der Waals surface area (Å²) in [6.45, 7) is 4.94. The van der Waals surface area contributed by atoms with Gasteiger partial charge in [-0.15, -0.1) is 0 Å². The molecule has 2 aromatic heterocycles. The Hall–Kier alpha value is -1.43. The van der Waals surface area contributed by atoms with E-state index in [0.29, 0.717) is 0 Å². The summed E-state index contributed by atoms with van der Waals surface area (Å²) >= 11 is 6.45. The molecule has 1 unspecified atom stereocenters. The molecule has 1 atom stereocenters. The third-order valence-electron chi connectivity index (χ3n) is 3.60. The number of pyridine rings is 1. The first-order valence-corrected chi connectivity index (χ1v) is 7.66. The number of nitrogens with zero attached hydrogens (tertiary/aromatic N) is 3. The van der Waals surface area contributed by atoms with Crippen LogP contribution in [0.15, 0.2) is 24.5 Å². The average Bonchev–Trinajstić information content (AvgIpc) is 2.83. The van der Waals surface area contributed by atoms with Crippen LogP contribution in [0.3, 0.4) is 0 Å². The Bertz CT molecular complexity index is 567. The zero-order valence-corrected chi connectivity index (χ0v) is 13.3. The van der Waals surface area contributed by atoms with Crippen LogP contribution in [0.5, 0.6) is 0 Å². The van der Waals surface area contributed by atoms with Crippen LogP contribution < -0.4 is 11.3 Å². The van der Waals surface area contributed by atoms with Crippen molar-refractivity contribution < 1.29 is 0 Å². The van der Waals surface area contributed by atoms with Gasteiger partial charge in [-0.25, -0.2) is 0 Å². The Kier molecular flexibility index (Phi) is 5.73. The van der Waals surface area contributed by atoms with E-state index in [1.807, 2.05) is 16.8 Å². The minimum atomic E-state index is 0.108. The predicted octanol–water partition coefficient (Wildman–Crippen LogP) is 2.13. The molecule has 5 nitrogen and oxygen atoms in total. The molecule has 3 N–H and O–H groups in total. The molecule has 2 rings (SSSR count). The van der Waals surface area contributed by atoms with Crippen molar-refractivity contribution in [2.45, 2.75) is 45.7 Å². The van der Waals surface area contributed by atoms with Gasteiger partial charge in [0.2, 0.25) is 0 Å². The normalized spacial score (nSPS) is 12.6. The fourth-order valence-electron chi connectivity index (χ4n) is 2.44. The molecule has 0 bridgehead atoms. The van der Waals surface area contributed by atoms with Gasteiger partial charge in [0.05, 0.1) is 16.4 Å². The van der Waals surface area contributed by atoms with Gasteiger partial charge in [0.15, 0.2) is 0 Å². The molecule has 0 aliphatic heterocycles. The molecule has 0 amide bonds. The summed E-state index contributed by atoms with van der Waals surface area (Å²) in [4.78, 5) is 4.03. The zero-order chi connectivity index (χ0) is 15.2. The van der Waals surface area contributed by atoms with Crippen molar-refractivity contribution >= 4 is 11.6 Å². The molecular formula is C15H22ClN5. The lowest BCUT2D eigenvalue weighted by atomic mass is 10.0. The Labute approximate surface area is 130 Å². The summed E-state index contributed by atoms with van der Waals surface area (Å²) in [7, 11) is 0. The van der Waals surface area contributed by atoms with Crippen molar-refractivity contribution in [1.82, 2.24) is 20.2 Å². The Morgan fingerprint density at radius 3 is 2.57 bits per heavy atom. The molecular weight excluding hydrogens is 286 g/mol. The molecule has 0 aromatic carbocycles. The molecule has 114 valence electrons. The molecule has 0 aliphatic carbocycles. The first kappa shape index (κ1) is 15.9. The molecule has 0 saturated carbocycles. The largest absolute Gasteiger partial charge is 0.271 e. The molecule has 0 saturated heterocycles. The highest BCUT2D eigenvalue weighted by molar-refractivity contribution is 6.31. The van der Waals surface area contributed by atoms with Gasteiger partial charge >= 0.3 is 0 Å². The van der Waals surface area contributed by atoms with E-state index < -0.39 is 0 Å². The van der Waals surface area contributed by atoms with Crippen LogP contribution in [0.1, 0.15) is 30.8 Å². The van der Waals surface area contributed by atoms with Gasteiger partial charge in [0, 0.05) is 31.4 Å². The van der Waals surface area contributed by atoms with Gasteiger partial charge in [0.25, 0.3) is 0 Å². The SMILES string of the molecule is CCc1nn(CC)c(CC(Cc2ccncc2)NN)c1Cl. The van der Waals surface area contributed by atoms with Crippen molar-refractivity contribution in [2.24, 2.45) is 5.84 Å². The zero-order valence-electron chi connectivity index (χ0n) is 12.5. The maximum atomic E-state index is 6.45. The molecule has 0 radical (unpaired) electrons. The summed E-state index contributed by atoms with van der Waals surface area (Å²) in [6, 6.07) is 4.11. The Morgan fingerprint density at radius 1 is 1.29 bits per heavy atom. The van der Waals surface area contributed by atoms with Gasteiger partial charge in [-0.1, -0.05) is 18.5 Å². The van der Waals surface area contributed by atoms with Crippen LogP contribution in [-0.4, -0.2) is 20.8 Å². The first-order valence-electron chi connectivity index (χ1n) is 7.28. The molecule has 6 heteroatoms. The van der Waals surface area contributed by atoms with Gasteiger partial charge in [0.1, 0.15) is 0 Å². The van der Waals surface area contributed by atoms with Crippen molar-refractivity contribution in [3.8, 4) is 0 Å². The average molecular weight is 308 g/mol. The minimum Gasteiger partial charge on any atom is -0.271 e. The number of halogens is 1. The lowest BCUT2D eigenvalue weighted by Gasteiger charge is -2.17. The molecule has 21 heavy (non-hydrogen) atoms. The van der Waals surface area contributed by atoms with Gasteiger partial charge in [-0.05, 0) is 37.5 Å². The van der Waals surface area contributed by atoms with Crippen LogP contribution in [-0.2, 0) is 25.8 Å². The second-order valence-electron chi connectivity index (χ2n) is 5.00. The molecule has 0 fully saturated rings. The number of hydrogen-bond donors (Lipinski definition) is 2. The first-order chi connectivity index (χ1) is 10.2. The van der Waals surface area contributed by atoms with Crippen molar-refractivity contribution in [1.29, 1.82) is 0 Å². The summed E-state index contributed by atoms with van der Waals surface area (Å²) in [5.74, 6) is 5.71. The highest BCUT2D eigenvalue weighted by Crippen LogP contribution is 2.23. The van der Waals surface area contributed by atoms with Crippen LogP contribution >= 0.6 is 11.6 Å². The van der Waals surface area contributed by atoms with Crippen molar-refractivity contribution in [3.05, 3.63) is 46.5 Å². The van der Waals surface area contributed by atoms with Crippen LogP contribution in [0, 0.1) is 0 Å². The number of hydrogen-bond acceptors (Lipinski definition) is 4. The van der Waals surface area contributed by atoms with E-state index in [1.54, 1.807) is 12.4 Å². The number of aryl methyl sites for hydroxylation is 2. The van der Waals surface area contributed by atoms with Gasteiger partial charge in [-0.3, -0.25) is 20.9 Å². The number of aromatic nitrogens is 3. The van der Waals surface area contributed by atoms with Crippen molar-refractivity contribution in [2.75, 3.05) is 0 Å². The van der Waals surface area contributed by atoms with E-state index in [2.05, 4.69) is 29.4 Å². The smallest absolute Gasteiger partial charge is 0.0850 e. The fraction of sp³-hybridized carbons (Fsp3) is 0.467. The Morgan fingerprint density at radius 2 is 2.00 bits per heavy atom. The van der Waals surface area contributed by atoms with Crippen LogP contribution in [0.4, 0.5) is 0 Å². The second kappa shape index (κ2) is 7.54. The lowest BCUT2D eigenvalue weighted by molar-refractivity contribution is 0.495. The standard InChI is InChI=1S/C15H22ClN5/c1-3-13-15(16)14(21(4-2)20-13)10-12(19-17)9-11-5-7-18-8-6-11/h5-8,12,19H,3-4,9-10,17H2,1-2H3. The minimum absolute atomic E-state index is 0.108. The molecule has 0 aliphatic rings. The number of rotatable bonds is 7. The molecule has 0 spiro atoms. The van der Waals surface area contributed by atoms with Crippen LogP contribution in [0.2, 0.25) is 5.02 Å². The summed E-state index contributed by atoms with van der Waals surface area (Å²) in [5, 5.41) is 5.32. The maximum Gasteiger partial charge on any atom is 0.0850 e. The third kappa shape index (κ3) is 3.81. The topological polar surface area (TPSA) is 68.8 Å². The van der Waals surface area contributed by atoms with E-state index >= 15 is 0 Å². The summed E-state index contributed by atoms with van der Waals surface area (Å²) in [6.07, 6.45) is 6.00. The highest BCUT2D eigenvalue weighted by atomic mass is 35.5. The van der Waals surface area contributed by atoms with Crippen molar-refractivity contribution in [3.63, 3.8) is 0 Å². The van der Waals surface area contributed by atoms with Crippen LogP contribution in [0.25, 0.3) is 0 Å². The molecule has 2 aromatic rings. The monoisotopic (exact) mass is 307 g/mol. The molecule has 2 heterocycles. The summed E-state index contributed by atoms with van der Waals surface area (Å²) in [5.41, 5.74) is 6.08. The van der Waals surface area contributed by atoms with E-state index in [1.165, 1.54) is 5.56 Å². The number of nitrogens with two attached hydrogens (primary N) is 1. The van der Waals surface area contributed by atoms with E-state index in [9.17, 15) is 0 Å². The summed E-state index contributed by atoms with van der Waals surface area (Å²) < 4.78 is 1.97. The van der Waals surface area contributed by atoms with E-state index in [0.717, 1.165) is 42.2 Å². The second-order valence-corrected chi connectivity index (χ2v) is 5.38. The predicted molar refractivity (Wildman–Crippen MR) is 85.0 cm³/mol. The Balaban J connectivity index is 2.16. The van der Waals surface area contributed by atoms with E-state index in [-0.39, 0.29) is 6.04 Å². The quantitative estimate of drug-likeness (QED) is 0.607. The third-order valence-corrected chi connectivity index (χ3v) is 4.04. The number of nitrogens with one attached hydrogen (secondary N) is 1.